The zero-order chi connectivity index (χ0) is 22.3. The Morgan fingerprint density at radius 3 is 2.81 bits per heavy atom. The van der Waals surface area contributed by atoms with Gasteiger partial charge in [-0.25, -0.2) is 0 Å². The molecule has 2 aromatic carbocycles. The van der Waals surface area contributed by atoms with Crippen molar-refractivity contribution in [2.45, 2.75) is 38.5 Å². The Hall–Kier alpha value is -3.35. The molecule has 0 radical (unpaired) electrons. The monoisotopic (exact) mass is 435 g/mol. The molecule has 7 heteroatoms. The highest BCUT2D eigenvalue weighted by Gasteiger charge is 2.29. The first-order valence-corrected chi connectivity index (χ1v) is 11.2. The summed E-state index contributed by atoms with van der Waals surface area (Å²) in [5.74, 6) is 2.67. The summed E-state index contributed by atoms with van der Waals surface area (Å²) in [5.41, 5.74) is 1.50. The van der Waals surface area contributed by atoms with Crippen LogP contribution in [0.15, 0.2) is 53.1 Å². The van der Waals surface area contributed by atoms with E-state index in [0.29, 0.717) is 30.4 Å². The van der Waals surface area contributed by atoms with Gasteiger partial charge in [-0.05, 0) is 55.7 Å². The Morgan fingerprint density at radius 1 is 1.19 bits per heavy atom. The van der Waals surface area contributed by atoms with Crippen molar-refractivity contribution in [3.05, 3.63) is 60.0 Å². The Labute approximate surface area is 188 Å². The molecule has 1 unspecified atom stereocenters. The van der Waals surface area contributed by atoms with Gasteiger partial charge in [-0.2, -0.15) is 4.98 Å². The van der Waals surface area contributed by atoms with Crippen LogP contribution in [0.5, 0.6) is 11.5 Å². The average molecular weight is 436 g/mol. The van der Waals surface area contributed by atoms with Crippen LogP contribution in [0.4, 0.5) is 0 Å². The molecule has 4 rings (SSSR count). The third-order valence-electron chi connectivity index (χ3n) is 5.70. The van der Waals surface area contributed by atoms with E-state index in [1.165, 1.54) is 0 Å². The van der Waals surface area contributed by atoms with Gasteiger partial charge in [-0.1, -0.05) is 30.6 Å². The Bertz CT molecular complexity index is 1030. The van der Waals surface area contributed by atoms with E-state index in [1.54, 1.807) is 7.11 Å². The predicted molar refractivity (Wildman–Crippen MR) is 121 cm³/mol. The lowest BCUT2D eigenvalue weighted by Crippen LogP contribution is -2.39. The van der Waals surface area contributed by atoms with Crippen molar-refractivity contribution in [1.29, 1.82) is 0 Å². The third-order valence-corrected chi connectivity index (χ3v) is 5.70. The fourth-order valence-corrected chi connectivity index (χ4v) is 3.85. The Balaban J connectivity index is 1.41. The molecule has 0 spiro atoms. The van der Waals surface area contributed by atoms with Crippen molar-refractivity contribution in [3.8, 4) is 22.9 Å². The van der Waals surface area contributed by atoms with Crippen LogP contribution < -0.4 is 9.47 Å². The van der Waals surface area contributed by atoms with Gasteiger partial charge in [-0.3, -0.25) is 4.79 Å². The van der Waals surface area contributed by atoms with Crippen LogP contribution in [-0.2, 0) is 0 Å². The molecule has 0 bridgehead atoms. The van der Waals surface area contributed by atoms with Gasteiger partial charge in [0.2, 0.25) is 11.7 Å². The summed E-state index contributed by atoms with van der Waals surface area (Å²) in [5, 5.41) is 4.15. The lowest BCUT2D eigenvalue weighted by atomic mass is 9.97. The summed E-state index contributed by atoms with van der Waals surface area (Å²) in [6, 6.07) is 15.0. The lowest BCUT2D eigenvalue weighted by Gasteiger charge is -2.31. The van der Waals surface area contributed by atoms with E-state index in [9.17, 15) is 4.79 Å². The first-order valence-electron chi connectivity index (χ1n) is 11.2. The fraction of sp³-hybridized carbons (Fsp3) is 0.400. The number of amides is 1. The maximum Gasteiger partial charge on any atom is 0.253 e. The highest BCUT2D eigenvalue weighted by atomic mass is 16.5. The lowest BCUT2D eigenvalue weighted by molar-refractivity contribution is 0.0695. The summed E-state index contributed by atoms with van der Waals surface area (Å²) in [6.45, 7) is 4.11. The fourth-order valence-electron chi connectivity index (χ4n) is 3.85. The van der Waals surface area contributed by atoms with Crippen LogP contribution >= 0.6 is 0 Å². The number of likely N-dealkylation sites (tertiary alicyclic amines) is 1. The number of piperidine rings is 1. The molecule has 1 saturated heterocycles. The van der Waals surface area contributed by atoms with E-state index >= 15 is 0 Å². The highest BCUT2D eigenvalue weighted by molar-refractivity contribution is 5.94. The summed E-state index contributed by atoms with van der Waals surface area (Å²) < 4.78 is 16.5. The second kappa shape index (κ2) is 10.3. The highest BCUT2D eigenvalue weighted by Crippen LogP contribution is 2.29. The number of rotatable bonds is 8. The minimum Gasteiger partial charge on any atom is -0.497 e. The largest absolute Gasteiger partial charge is 0.497 e. The summed E-state index contributed by atoms with van der Waals surface area (Å²) >= 11 is 0. The van der Waals surface area contributed by atoms with Crippen molar-refractivity contribution in [1.82, 2.24) is 15.0 Å². The van der Waals surface area contributed by atoms with Gasteiger partial charge < -0.3 is 18.9 Å². The van der Waals surface area contributed by atoms with E-state index in [-0.39, 0.29) is 11.8 Å². The summed E-state index contributed by atoms with van der Waals surface area (Å²) in [6.07, 6.45) is 3.91. The number of carbonyl (C=O) groups excluding carboxylic acids is 1. The van der Waals surface area contributed by atoms with Crippen molar-refractivity contribution in [3.63, 3.8) is 0 Å². The van der Waals surface area contributed by atoms with E-state index in [4.69, 9.17) is 14.0 Å². The molecule has 1 fully saturated rings. The minimum absolute atomic E-state index is 0.0161. The average Bonchev–Trinajstić information content (AvgIpc) is 3.35. The molecule has 7 nitrogen and oxygen atoms in total. The first kappa shape index (κ1) is 21.9. The number of hydrogen-bond acceptors (Lipinski definition) is 6. The zero-order valence-corrected chi connectivity index (χ0v) is 18.6. The van der Waals surface area contributed by atoms with Gasteiger partial charge >= 0.3 is 0 Å². The van der Waals surface area contributed by atoms with Crippen LogP contribution in [0.2, 0.25) is 0 Å². The SMILES string of the molecule is CCCCOc1ccc(C(=O)N2CCCC(c3nc(-c4cccc(OC)c4)no3)C2)cc1. The molecule has 2 heterocycles. The maximum absolute atomic E-state index is 13.1. The topological polar surface area (TPSA) is 77.7 Å². The molecule has 0 aliphatic carbocycles. The first-order chi connectivity index (χ1) is 15.7. The minimum atomic E-state index is 0.0161. The smallest absolute Gasteiger partial charge is 0.253 e. The number of aromatic nitrogens is 2. The quantitative estimate of drug-likeness (QED) is 0.466. The number of benzene rings is 2. The van der Waals surface area contributed by atoms with Gasteiger partial charge in [0.25, 0.3) is 5.91 Å². The van der Waals surface area contributed by atoms with Crippen molar-refractivity contribution < 1.29 is 18.8 Å². The Morgan fingerprint density at radius 2 is 2.03 bits per heavy atom. The van der Waals surface area contributed by atoms with Crippen LogP contribution in [0.1, 0.15) is 54.8 Å². The van der Waals surface area contributed by atoms with Gasteiger partial charge in [-0.15, -0.1) is 0 Å². The number of unbranched alkanes of at least 4 members (excludes halogenated alkanes) is 1. The van der Waals surface area contributed by atoms with E-state index in [2.05, 4.69) is 17.1 Å². The predicted octanol–water partition coefficient (Wildman–Crippen LogP) is 4.94. The van der Waals surface area contributed by atoms with E-state index in [1.807, 2.05) is 53.4 Å². The summed E-state index contributed by atoms with van der Waals surface area (Å²) in [4.78, 5) is 19.5. The molecular weight excluding hydrogens is 406 g/mol. The molecule has 1 aliphatic rings. The number of carbonyl (C=O) groups is 1. The molecule has 1 amide bonds. The summed E-state index contributed by atoms with van der Waals surface area (Å²) in [7, 11) is 1.63. The normalized spacial score (nSPS) is 16.1. The second-order valence-electron chi connectivity index (χ2n) is 8.00. The molecule has 0 saturated carbocycles. The number of methoxy groups -OCH3 is 1. The maximum atomic E-state index is 13.1. The standard InChI is InChI=1S/C25H29N3O4/c1-3-4-15-31-21-12-10-18(11-13-21)25(29)28-14-6-8-20(17-28)24-26-23(27-32-24)19-7-5-9-22(16-19)30-2/h5,7,9-13,16,20H,3-4,6,8,14-15,17H2,1-2H3. The van der Waals surface area contributed by atoms with Crippen molar-refractivity contribution in [2.75, 3.05) is 26.8 Å². The molecule has 3 aromatic rings. The number of ether oxygens (including phenoxy) is 2. The van der Waals surface area contributed by atoms with Crippen LogP contribution in [-0.4, -0.2) is 47.8 Å². The van der Waals surface area contributed by atoms with Gasteiger partial charge in [0.1, 0.15) is 11.5 Å². The van der Waals surface area contributed by atoms with Crippen LogP contribution in [0, 0.1) is 0 Å². The van der Waals surface area contributed by atoms with Gasteiger partial charge in [0.05, 0.1) is 19.6 Å². The number of hydrogen-bond donors (Lipinski definition) is 0. The van der Waals surface area contributed by atoms with Crippen LogP contribution in [0.25, 0.3) is 11.4 Å². The molecule has 0 N–H and O–H groups in total. The van der Waals surface area contributed by atoms with Gasteiger partial charge in [0.15, 0.2) is 0 Å². The van der Waals surface area contributed by atoms with Gasteiger partial charge in [0, 0.05) is 24.2 Å². The molecule has 168 valence electrons. The molecule has 1 aromatic heterocycles. The zero-order valence-electron chi connectivity index (χ0n) is 18.6. The third kappa shape index (κ3) is 5.10. The van der Waals surface area contributed by atoms with Crippen molar-refractivity contribution >= 4 is 5.91 Å². The van der Waals surface area contributed by atoms with Crippen molar-refractivity contribution in [2.24, 2.45) is 0 Å². The van der Waals surface area contributed by atoms with E-state index in [0.717, 1.165) is 49.3 Å². The molecule has 32 heavy (non-hydrogen) atoms. The van der Waals surface area contributed by atoms with E-state index < -0.39 is 0 Å². The van der Waals surface area contributed by atoms with Crippen LogP contribution in [0.3, 0.4) is 0 Å². The molecule has 1 aliphatic heterocycles. The Kier molecular flexibility index (Phi) is 7.04. The molecular formula is C25H29N3O4. The second-order valence-corrected chi connectivity index (χ2v) is 8.00. The molecule has 1 atom stereocenters. The number of nitrogens with zero attached hydrogens (tertiary/aromatic N) is 3.